The Hall–Kier alpha value is -2.17. The summed E-state index contributed by atoms with van der Waals surface area (Å²) in [6.07, 6.45) is -0.939. The van der Waals surface area contributed by atoms with Gasteiger partial charge < -0.3 is 11.1 Å². The minimum absolute atomic E-state index is 0.317. The lowest BCUT2D eigenvalue weighted by Gasteiger charge is -2.12. The lowest BCUT2D eigenvalue weighted by Crippen LogP contribution is -2.33. The van der Waals surface area contributed by atoms with Crippen molar-refractivity contribution in [3.05, 3.63) is 64.2 Å². The van der Waals surface area contributed by atoms with Gasteiger partial charge in [0, 0.05) is 16.1 Å². The Morgan fingerprint density at radius 3 is 2.76 bits per heavy atom. The topological polar surface area (TPSA) is 67.5 Å². The molecule has 106 valence electrons. The first-order valence-corrected chi connectivity index (χ1v) is 6.94. The number of hydrogen-bond acceptors (Lipinski definition) is 3. The summed E-state index contributed by atoms with van der Waals surface area (Å²) < 4.78 is 0. The Labute approximate surface area is 127 Å². The van der Waals surface area contributed by atoms with Crippen LogP contribution in [0.1, 0.15) is 16.7 Å². The van der Waals surface area contributed by atoms with Gasteiger partial charge in [-0.3, -0.25) is 9.79 Å². The van der Waals surface area contributed by atoms with Crippen molar-refractivity contribution in [2.75, 3.05) is 5.32 Å². The molecular formula is C16H14ClN3O. The maximum atomic E-state index is 12.0. The molecule has 0 unspecified atom stereocenters. The van der Waals surface area contributed by atoms with Gasteiger partial charge in [-0.2, -0.15) is 0 Å². The van der Waals surface area contributed by atoms with Crippen LogP contribution in [0.5, 0.6) is 0 Å². The fraction of sp³-hybridized carbons (Fsp3) is 0.125. The number of rotatable bonds is 1. The molecule has 0 fully saturated rings. The summed E-state index contributed by atoms with van der Waals surface area (Å²) in [5.41, 5.74) is 9.90. The first-order valence-electron chi connectivity index (χ1n) is 6.56. The van der Waals surface area contributed by atoms with E-state index in [1.807, 2.05) is 43.3 Å². The molecular weight excluding hydrogens is 286 g/mol. The molecule has 0 saturated carbocycles. The molecule has 2 aromatic carbocycles. The quantitative estimate of drug-likeness (QED) is 0.850. The van der Waals surface area contributed by atoms with Crippen molar-refractivity contribution in [1.29, 1.82) is 0 Å². The van der Waals surface area contributed by atoms with E-state index >= 15 is 0 Å². The number of aliphatic imine (C=N–C) groups is 1. The summed E-state index contributed by atoms with van der Waals surface area (Å²) in [5.74, 6) is -0.317. The van der Waals surface area contributed by atoms with E-state index in [9.17, 15) is 4.79 Å². The number of carbonyl (C=O) groups excluding carboxylic acids is 1. The number of anilines is 1. The highest BCUT2D eigenvalue weighted by Gasteiger charge is 2.24. The van der Waals surface area contributed by atoms with E-state index in [-0.39, 0.29) is 5.91 Å². The van der Waals surface area contributed by atoms with Crippen LogP contribution < -0.4 is 11.1 Å². The van der Waals surface area contributed by atoms with Crippen LogP contribution in [0.15, 0.2) is 47.5 Å². The number of hydrogen-bond donors (Lipinski definition) is 2. The van der Waals surface area contributed by atoms with Crippen LogP contribution in [-0.4, -0.2) is 17.8 Å². The van der Waals surface area contributed by atoms with Crippen molar-refractivity contribution in [1.82, 2.24) is 0 Å². The Morgan fingerprint density at radius 1 is 1.24 bits per heavy atom. The van der Waals surface area contributed by atoms with Gasteiger partial charge in [0.1, 0.15) is 0 Å². The maximum absolute atomic E-state index is 12.0. The average molecular weight is 300 g/mol. The highest BCUT2D eigenvalue weighted by molar-refractivity contribution is 6.31. The standard InChI is InChI=1S/C16H14ClN3O/c1-9-4-2-7-12-13(9)20-16(21)15(18)19-14(12)10-5-3-6-11(17)8-10/h2-8,15H,18H2,1H3,(H,20,21)/t15-/m0/s1. The molecule has 1 amide bonds. The number of benzene rings is 2. The molecule has 21 heavy (non-hydrogen) atoms. The largest absolute Gasteiger partial charge is 0.322 e. The molecule has 0 radical (unpaired) electrons. The van der Waals surface area contributed by atoms with Gasteiger partial charge in [-0.25, -0.2) is 0 Å². The zero-order valence-corrected chi connectivity index (χ0v) is 12.2. The van der Waals surface area contributed by atoms with Crippen molar-refractivity contribution >= 4 is 28.9 Å². The summed E-state index contributed by atoms with van der Waals surface area (Å²) >= 11 is 6.06. The summed E-state index contributed by atoms with van der Waals surface area (Å²) in [7, 11) is 0. The number of benzodiazepines with no additional fused rings is 1. The third-order valence-corrected chi connectivity index (χ3v) is 3.65. The van der Waals surface area contributed by atoms with Crippen LogP contribution in [0.2, 0.25) is 5.02 Å². The fourth-order valence-corrected chi connectivity index (χ4v) is 2.55. The number of fused-ring (bicyclic) bond motifs is 1. The molecule has 0 spiro atoms. The summed E-state index contributed by atoms with van der Waals surface area (Å²) in [6.45, 7) is 1.94. The molecule has 1 atom stereocenters. The van der Waals surface area contributed by atoms with E-state index in [0.29, 0.717) is 10.7 Å². The molecule has 1 aliphatic heterocycles. The zero-order valence-electron chi connectivity index (χ0n) is 11.4. The molecule has 0 aromatic heterocycles. The van der Waals surface area contributed by atoms with Crippen molar-refractivity contribution in [2.24, 2.45) is 10.7 Å². The van der Waals surface area contributed by atoms with E-state index in [1.165, 1.54) is 0 Å². The normalized spacial score (nSPS) is 17.6. The second kappa shape index (κ2) is 5.31. The minimum Gasteiger partial charge on any atom is -0.322 e. The van der Waals surface area contributed by atoms with E-state index in [1.54, 1.807) is 6.07 Å². The van der Waals surface area contributed by atoms with Crippen LogP contribution in [0.3, 0.4) is 0 Å². The van der Waals surface area contributed by atoms with E-state index < -0.39 is 6.17 Å². The smallest absolute Gasteiger partial charge is 0.263 e. The van der Waals surface area contributed by atoms with Gasteiger partial charge >= 0.3 is 0 Å². The molecule has 4 nitrogen and oxygen atoms in total. The lowest BCUT2D eigenvalue weighted by atomic mass is 9.98. The molecule has 3 N–H and O–H groups in total. The predicted molar refractivity (Wildman–Crippen MR) is 84.9 cm³/mol. The number of para-hydroxylation sites is 1. The summed E-state index contributed by atoms with van der Waals surface area (Å²) in [6, 6.07) is 13.1. The summed E-state index contributed by atoms with van der Waals surface area (Å²) in [5, 5.41) is 3.46. The number of amides is 1. The van der Waals surface area contributed by atoms with Gasteiger partial charge in [0.2, 0.25) is 0 Å². The molecule has 0 saturated heterocycles. The Bertz CT molecular complexity index is 755. The van der Waals surface area contributed by atoms with E-state index in [0.717, 1.165) is 22.4 Å². The maximum Gasteiger partial charge on any atom is 0.263 e. The van der Waals surface area contributed by atoms with Gasteiger partial charge in [0.15, 0.2) is 6.17 Å². The van der Waals surface area contributed by atoms with Crippen molar-refractivity contribution in [3.8, 4) is 0 Å². The van der Waals surface area contributed by atoms with Gasteiger partial charge in [0.25, 0.3) is 5.91 Å². The third kappa shape index (κ3) is 2.55. The van der Waals surface area contributed by atoms with Crippen LogP contribution in [0, 0.1) is 6.92 Å². The Morgan fingerprint density at radius 2 is 2.00 bits per heavy atom. The van der Waals surface area contributed by atoms with Crippen molar-refractivity contribution in [3.63, 3.8) is 0 Å². The molecule has 1 aliphatic rings. The van der Waals surface area contributed by atoms with E-state index in [2.05, 4.69) is 10.3 Å². The van der Waals surface area contributed by atoms with Gasteiger partial charge in [-0.05, 0) is 24.6 Å². The third-order valence-electron chi connectivity index (χ3n) is 3.41. The fourth-order valence-electron chi connectivity index (χ4n) is 2.36. The van der Waals surface area contributed by atoms with Crippen LogP contribution in [-0.2, 0) is 4.79 Å². The van der Waals surface area contributed by atoms with Crippen LogP contribution in [0.25, 0.3) is 0 Å². The van der Waals surface area contributed by atoms with Crippen molar-refractivity contribution in [2.45, 2.75) is 13.1 Å². The number of nitrogens with one attached hydrogen (secondary N) is 1. The Balaban J connectivity index is 2.25. The predicted octanol–water partition coefficient (Wildman–Crippen LogP) is 2.72. The molecule has 2 aromatic rings. The molecule has 3 rings (SSSR count). The molecule has 1 heterocycles. The SMILES string of the molecule is Cc1cccc2c1NC(=O)[C@@H](N)N=C2c1cccc(Cl)c1. The molecule has 0 bridgehead atoms. The second-order valence-corrected chi connectivity index (χ2v) is 5.36. The number of aryl methyl sites for hydroxylation is 1. The van der Waals surface area contributed by atoms with Crippen LogP contribution in [0.4, 0.5) is 5.69 Å². The number of halogens is 1. The zero-order chi connectivity index (χ0) is 15.0. The van der Waals surface area contributed by atoms with Gasteiger partial charge in [-0.1, -0.05) is 41.9 Å². The highest BCUT2D eigenvalue weighted by atomic mass is 35.5. The molecule has 0 aliphatic carbocycles. The second-order valence-electron chi connectivity index (χ2n) is 4.92. The highest BCUT2D eigenvalue weighted by Crippen LogP contribution is 2.27. The van der Waals surface area contributed by atoms with Crippen LogP contribution >= 0.6 is 11.6 Å². The van der Waals surface area contributed by atoms with E-state index in [4.69, 9.17) is 17.3 Å². The number of nitrogens with zero attached hydrogens (tertiary/aromatic N) is 1. The first kappa shape index (κ1) is 13.8. The Kier molecular flexibility index (Phi) is 3.49. The number of nitrogens with two attached hydrogens (primary N) is 1. The first-order chi connectivity index (χ1) is 10.1. The van der Waals surface area contributed by atoms with Crippen molar-refractivity contribution < 1.29 is 4.79 Å². The average Bonchev–Trinajstić information content (AvgIpc) is 2.58. The minimum atomic E-state index is -0.939. The molecule has 5 heteroatoms. The monoisotopic (exact) mass is 299 g/mol. The van der Waals surface area contributed by atoms with Gasteiger partial charge in [0.05, 0.1) is 11.4 Å². The summed E-state index contributed by atoms with van der Waals surface area (Å²) in [4.78, 5) is 16.4. The van der Waals surface area contributed by atoms with Gasteiger partial charge in [-0.15, -0.1) is 0 Å². The lowest BCUT2D eigenvalue weighted by molar-refractivity contribution is -0.117. The number of carbonyl (C=O) groups is 1.